The number of nitrogens with zero attached hydrogens (tertiary/aromatic N) is 1. The summed E-state index contributed by atoms with van der Waals surface area (Å²) < 4.78 is 5.27. The molecule has 2 N–H and O–H groups in total. The third-order valence-corrected chi connectivity index (χ3v) is 3.01. The van der Waals surface area contributed by atoms with Gasteiger partial charge in [0.15, 0.2) is 0 Å². The highest BCUT2D eigenvalue weighted by Gasteiger charge is 2.12. The first-order chi connectivity index (χ1) is 8.77. The molecule has 0 saturated carbocycles. The molecular formula is C14H24N2O2. The molecule has 0 aliphatic rings. The number of nitrogens with two attached hydrogens (primary N) is 1. The second kappa shape index (κ2) is 8.75. The molecule has 4 nitrogen and oxygen atoms in total. The first-order valence-corrected chi connectivity index (χ1v) is 6.78. The Bertz CT molecular complexity index is 323. The maximum atomic E-state index is 12.0. The summed E-state index contributed by atoms with van der Waals surface area (Å²) in [6.45, 7) is 4.04. The van der Waals surface area contributed by atoms with Crippen LogP contribution in [0.1, 0.15) is 44.8 Å². The van der Waals surface area contributed by atoms with Gasteiger partial charge in [-0.1, -0.05) is 12.8 Å². The Morgan fingerprint density at radius 1 is 1.33 bits per heavy atom. The van der Waals surface area contributed by atoms with Crippen molar-refractivity contribution < 1.29 is 9.21 Å². The summed E-state index contributed by atoms with van der Waals surface area (Å²) in [5, 5.41) is 0. The lowest BCUT2D eigenvalue weighted by Crippen LogP contribution is -2.29. The molecule has 1 amide bonds. The van der Waals surface area contributed by atoms with E-state index in [1.165, 1.54) is 0 Å². The van der Waals surface area contributed by atoms with Crippen molar-refractivity contribution in [2.45, 2.75) is 45.6 Å². The fourth-order valence-corrected chi connectivity index (χ4v) is 1.90. The summed E-state index contributed by atoms with van der Waals surface area (Å²) in [4.78, 5) is 13.8. The smallest absolute Gasteiger partial charge is 0.222 e. The summed E-state index contributed by atoms with van der Waals surface area (Å²) in [6, 6.07) is 3.75. The molecule has 0 radical (unpaired) electrons. The molecule has 0 aliphatic heterocycles. The first-order valence-electron chi connectivity index (χ1n) is 6.78. The summed E-state index contributed by atoms with van der Waals surface area (Å²) in [5.74, 6) is 1.05. The van der Waals surface area contributed by atoms with Gasteiger partial charge in [0.25, 0.3) is 0 Å². The third-order valence-electron chi connectivity index (χ3n) is 3.01. The van der Waals surface area contributed by atoms with E-state index < -0.39 is 0 Å². The van der Waals surface area contributed by atoms with Gasteiger partial charge in [-0.05, 0) is 38.4 Å². The van der Waals surface area contributed by atoms with Gasteiger partial charge < -0.3 is 15.1 Å². The SMILES string of the molecule is CCN(Cc1ccco1)C(=O)CCCCCCN. The van der Waals surface area contributed by atoms with Crippen molar-refractivity contribution in [3.8, 4) is 0 Å². The number of unbranched alkanes of at least 4 members (excludes halogenated alkanes) is 3. The number of furan rings is 1. The van der Waals surface area contributed by atoms with Gasteiger partial charge in [0.2, 0.25) is 5.91 Å². The molecule has 0 spiro atoms. The second-order valence-electron chi connectivity index (χ2n) is 4.44. The van der Waals surface area contributed by atoms with Crippen LogP contribution >= 0.6 is 0 Å². The number of rotatable bonds is 9. The van der Waals surface area contributed by atoms with E-state index in [-0.39, 0.29) is 5.91 Å². The fraction of sp³-hybridized carbons (Fsp3) is 0.643. The largest absolute Gasteiger partial charge is 0.467 e. The molecule has 1 heterocycles. The number of amides is 1. The van der Waals surface area contributed by atoms with Crippen molar-refractivity contribution in [1.29, 1.82) is 0 Å². The predicted octanol–water partition coefficient (Wildman–Crippen LogP) is 2.54. The summed E-state index contributed by atoms with van der Waals surface area (Å²) in [7, 11) is 0. The highest BCUT2D eigenvalue weighted by molar-refractivity contribution is 5.76. The fourth-order valence-electron chi connectivity index (χ4n) is 1.90. The topological polar surface area (TPSA) is 59.5 Å². The lowest BCUT2D eigenvalue weighted by molar-refractivity contribution is -0.132. The molecule has 1 aromatic heterocycles. The molecule has 0 unspecified atom stereocenters. The molecule has 102 valence electrons. The van der Waals surface area contributed by atoms with Gasteiger partial charge in [-0.2, -0.15) is 0 Å². The van der Waals surface area contributed by atoms with Crippen molar-refractivity contribution in [2.24, 2.45) is 5.73 Å². The highest BCUT2D eigenvalue weighted by Crippen LogP contribution is 2.09. The number of carbonyl (C=O) groups is 1. The number of carbonyl (C=O) groups excluding carboxylic acids is 1. The van der Waals surface area contributed by atoms with E-state index in [1.54, 1.807) is 6.26 Å². The monoisotopic (exact) mass is 252 g/mol. The Morgan fingerprint density at radius 3 is 2.72 bits per heavy atom. The Labute approximate surface area is 109 Å². The van der Waals surface area contributed by atoms with Crippen LogP contribution in [-0.4, -0.2) is 23.9 Å². The minimum atomic E-state index is 0.210. The zero-order valence-corrected chi connectivity index (χ0v) is 11.2. The normalized spacial score (nSPS) is 10.6. The molecule has 4 heteroatoms. The van der Waals surface area contributed by atoms with Gasteiger partial charge in [0.1, 0.15) is 5.76 Å². The van der Waals surface area contributed by atoms with E-state index >= 15 is 0 Å². The van der Waals surface area contributed by atoms with Gasteiger partial charge in [-0.15, -0.1) is 0 Å². The number of hydrogen-bond acceptors (Lipinski definition) is 3. The van der Waals surface area contributed by atoms with Gasteiger partial charge >= 0.3 is 0 Å². The van der Waals surface area contributed by atoms with Crippen LogP contribution in [0.4, 0.5) is 0 Å². The third kappa shape index (κ3) is 5.36. The molecule has 1 aromatic rings. The van der Waals surface area contributed by atoms with Crippen LogP contribution in [0.25, 0.3) is 0 Å². The van der Waals surface area contributed by atoms with Crippen LogP contribution in [0.15, 0.2) is 22.8 Å². The van der Waals surface area contributed by atoms with Crippen molar-refractivity contribution in [3.63, 3.8) is 0 Å². The molecule has 0 atom stereocenters. The Kier molecular flexibility index (Phi) is 7.18. The second-order valence-corrected chi connectivity index (χ2v) is 4.44. The molecule has 0 aromatic carbocycles. The van der Waals surface area contributed by atoms with Crippen LogP contribution in [0.5, 0.6) is 0 Å². The summed E-state index contributed by atoms with van der Waals surface area (Å²) in [6.07, 6.45) is 6.47. The van der Waals surface area contributed by atoms with Gasteiger partial charge in [-0.3, -0.25) is 4.79 Å². The van der Waals surface area contributed by atoms with E-state index in [2.05, 4.69) is 0 Å². The Morgan fingerprint density at radius 2 is 2.11 bits per heavy atom. The van der Waals surface area contributed by atoms with Crippen molar-refractivity contribution in [3.05, 3.63) is 24.2 Å². The van der Waals surface area contributed by atoms with Crippen LogP contribution in [0.2, 0.25) is 0 Å². The zero-order chi connectivity index (χ0) is 13.2. The zero-order valence-electron chi connectivity index (χ0n) is 11.2. The lowest BCUT2D eigenvalue weighted by atomic mass is 10.1. The standard InChI is InChI=1S/C14H24N2O2/c1-2-16(12-13-8-7-11-18-13)14(17)9-5-3-4-6-10-15/h7-8,11H,2-6,9-10,12,15H2,1H3. The average Bonchev–Trinajstić information content (AvgIpc) is 2.88. The highest BCUT2D eigenvalue weighted by atomic mass is 16.3. The maximum absolute atomic E-state index is 12.0. The summed E-state index contributed by atoms with van der Waals surface area (Å²) >= 11 is 0. The minimum Gasteiger partial charge on any atom is -0.467 e. The van der Waals surface area contributed by atoms with E-state index in [0.29, 0.717) is 13.0 Å². The van der Waals surface area contributed by atoms with Crippen LogP contribution in [-0.2, 0) is 11.3 Å². The van der Waals surface area contributed by atoms with Crippen molar-refractivity contribution in [2.75, 3.05) is 13.1 Å². The molecular weight excluding hydrogens is 228 g/mol. The minimum absolute atomic E-state index is 0.210. The van der Waals surface area contributed by atoms with Gasteiger partial charge in [0.05, 0.1) is 12.8 Å². The maximum Gasteiger partial charge on any atom is 0.222 e. The molecule has 0 bridgehead atoms. The van der Waals surface area contributed by atoms with Crippen molar-refractivity contribution in [1.82, 2.24) is 4.90 Å². The Hall–Kier alpha value is -1.29. The van der Waals surface area contributed by atoms with E-state index in [9.17, 15) is 4.79 Å². The van der Waals surface area contributed by atoms with E-state index in [0.717, 1.165) is 44.5 Å². The quantitative estimate of drug-likeness (QED) is 0.687. The molecule has 0 fully saturated rings. The lowest BCUT2D eigenvalue weighted by Gasteiger charge is -2.19. The van der Waals surface area contributed by atoms with Gasteiger partial charge in [0, 0.05) is 13.0 Å². The van der Waals surface area contributed by atoms with Gasteiger partial charge in [-0.25, -0.2) is 0 Å². The number of hydrogen-bond donors (Lipinski definition) is 1. The van der Waals surface area contributed by atoms with Crippen LogP contribution in [0, 0.1) is 0 Å². The molecule has 1 rings (SSSR count). The van der Waals surface area contributed by atoms with E-state index in [1.807, 2.05) is 24.0 Å². The van der Waals surface area contributed by atoms with E-state index in [4.69, 9.17) is 10.2 Å². The predicted molar refractivity (Wildman–Crippen MR) is 71.9 cm³/mol. The van der Waals surface area contributed by atoms with Crippen LogP contribution < -0.4 is 5.73 Å². The first kappa shape index (κ1) is 14.8. The average molecular weight is 252 g/mol. The molecule has 0 saturated heterocycles. The molecule has 18 heavy (non-hydrogen) atoms. The van der Waals surface area contributed by atoms with Crippen molar-refractivity contribution >= 4 is 5.91 Å². The Balaban J connectivity index is 2.24. The molecule has 0 aliphatic carbocycles. The van der Waals surface area contributed by atoms with Crippen LogP contribution in [0.3, 0.4) is 0 Å². The summed E-state index contributed by atoms with van der Waals surface area (Å²) in [5.41, 5.74) is 5.43.